The predicted molar refractivity (Wildman–Crippen MR) is 96.6 cm³/mol. The Morgan fingerprint density at radius 3 is 2.48 bits per heavy atom. The zero-order valence-electron chi connectivity index (χ0n) is 13.0. The highest BCUT2D eigenvalue weighted by atomic mass is 32.1. The maximum Gasteiger partial charge on any atom is 0.170 e. The van der Waals surface area contributed by atoms with Gasteiger partial charge < -0.3 is 15.4 Å². The molecule has 0 atom stereocenters. The quantitative estimate of drug-likeness (QED) is 0.845. The van der Waals surface area contributed by atoms with Crippen molar-refractivity contribution in [3.05, 3.63) is 60.4 Å². The molecule has 1 aliphatic heterocycles. The molecule has 1 aliphatic rings. The van der Waals surface area contributed by atoms with Gasteiger partial charge in [0.2, 0.25) is 0 Å². The lowest BCUT2D eigenvalue weighted by Crippen LogP contribution is -2.45. The molecule has 0 unspecified atom stereocenters. The SMILES string of the molecule is S=C(NCC1(c2ccccc2)CCOCC1)Nc1ccncc1. The zero-order chi connectivity index (χ0) is 16.0. The molecule has 0 radical (unpaired) electrons. The molecule has 0 spiro atoms. The first-order chi connectivity index (χ1) is 11.3. The van der Waals surface area contributed by atoms with Crippen LogP contribution in [0.2, 0.25) is 0 Å². The van der Waals surface area contributed by atoms with E-state index < -0.39 is 0 Å². The number of aromatic nitrogens is 1. The van der Waals surface area contributed by atoms with E-state index >= 15 is 0 Å². The highest BCUT2D eigenvalue weighted by molar-refractivity contribution is 7.80. The van der Waals surface area contributed by atoms with E-state index in [0.29, 0.717) is 5.11 Å². The van der Waals surface area contributed by atoms with Crippen molar-refractivity contribution in [3.8, 4) is 0 Å². The van der Waals surface area contributed by atoms with Crippen molar-refractivity contribution in [2.45, 2.75) is 18.3 Å². The Hall–Kier alpha value is -1.98. The number of thiocarbonyl (C=S) groups is 1. The molecule has 2 N–H and O–H groups in total. The summed E-state index contributed by atoms with van der Waals surface area (Å²) >= 11 is 5.43. The first-order valence-electron chi connectivity index (χ1n) is 7.87. The van der Waals surface area contributed by atoms with Crippen molar-refractivity contribution in [3.63, 3.8) is 0 Å². The maximum absolute atomic E-state index is 5.57. The summed E-state index contributed by atoms with van der Waals surface area (Å²) in [6, 6.07) is 14.4. The van der Waals surface area contributed by atoms with Crippen LogP contribution in [0.4, 0.5) is 5.69 Å². The van der Waals surface area contributed by atoms with Crippen molar-refractivity contribution >= 4 is 23.0 Å². The van der Waals surface area contributed by atoms with E-state index in [0.717, 1.165) is 38.3 Å². The van der Waals surface area contributed by atoms with Crippen molar-refractivity contribution in [2.24, 2.45) is 0 Å². The average molecular weight is 327 g/mol. The molecule has 23 heavy (non-hydrogen) atoms. The molecular weight excluding hydrogens is 306 g/mol. The summed E-state index contributed by atoms with van der Waals surface area (Å²) in [6.07, 6.45) is 5.49. The third kappa shape index (κ3) is 4.06. The largest absolute Gasteiger partial charge is 0.381 e. The van der Waals surface area contributed by atoms with Crippen LogP contribution in [-0.2, 0) is 10.2 Å². The lowest BCUT2D eigenvalue weighted by molar-refractivity contribution is 0.0515. The third-order valence-electron chi connectivity index (χ3n) is 4.36. The van der Waals surface area contributed by atoms with Crippen LogP contribution < -0.4 is 10.6 Å². The molecule has 3 rings (SSSR count). The molecule has 0 aliphatic carbocycles. The molecule has 120 valence electrons. The van der Waals surface area contributed by atoms with E-state index in [1.807, 2.05) is 12.1 Å². The number of hydrogen-bond acceptors (Lipinski definition) is 3. The van der Waals surface area contributed by atoms with Crippen molar-refractivity contribution in [2.75, 3.05) is 25.1 Å². The van der Waals surface area contributed by atoms with Crippen LogP contribution in [0.25, 0.3) is 0 Å². The van der Waals surface area contributed by atoms with Gasteiger partial charge in [0, 0.05) is 43.3 Å². The van der Waals surface area contributed by atoms with Gasteiger partial charge in [0.05, 0.1) is 0 Å². The number of ether oxygens (including phenoxy) is 1. The number of rotatable bonds is 4. The summed E-state index contributed by atoms with van der Waals surface area (Å²) in [4.78, 5) is 4.01. The third-order valence-corrected chi connectivity index (χ3v) is 4.61. The zero-order valence-corrected chi connectivity index (χ0v) is 13.8. The molecule has 4 nitrogen and oxygen atoms in total. The van der Waals surface area contributed by atoms with Gasteiger partial charge in [-0.15, -0.1) is 0 Å². The Morgan fingerprint density at radius 1 is 1.09 bits per heavy atom. The molecule has 0 saturated carbocycles. The van der Waals surface area contributed by atoms with Crippen molar-refractivity contribution in [1.29, 1.82) is 0 Å². The van der Waals surface area contributed by atoms with Crippen LogP contribution in [0.5, 0.6) is 0 Å². The Labute approximate surface area is 142 Å². The smallest absolute Gasteiger partial charge is 0.170 e. The topological polar surface area (TPSA) is 46.2 Å². The number of hydrogen-bond donors (Lipinski definition) is 2. The number of nitrogens with one attached hydrogen (secondary N) is 2. The monoisotopic (exact) mass is 327 g/mol. The Balaban J connectivity index is 1.66. The van der Waals surface area contributed by atoms with E-state index in [4.69, 9.17) is 17.0 Å². The van der Waals surface area contributed by atoms with Crippen LogP contribution in [0.15, 0.2) is 54.9 Å². The first kappa shape index (κ1) is 15.9. The van der Waals surface area contributed by atoms with Gasteiger partial charge in [-0.2, -0.15) is 0 Å². The predicted octanol–water partition coefficient (Wildman–Crippen LogP) is 3.12. The number of pyridine rings is 1. The van der Waals surface area contributed by atoms with Gasteiger partial charge in [-0.05, 0) is 42.8 Å². The van der Waals surface area contributed by atoms with Crippen molar-refractivity contribution in [1.82, 2.24) is 10.3 Å². The van der Waals surface area contributed by atoms with Crippen LogP contribution in [0.1, 0.15) is 18.4 Å². The summed E-state index contributed by atoms with van der Waals surface area (Å²) in [5.41, 5.74) is 2.37. The summed E-state index contributed by atoms with van der Waals surface area (Å²) < 4.78 is 5.57. The molecule has 5 heteroatoms. The molecule has 2 aromatic rings. The summed E-state index contributed by atoms with van der Waals surface area (Å²) in [6.45, 7) is 2.39. The standard InChI is InChI=1S/C18H21N3OS/c23-17(21-16-6-10-19-11-7-16)20-14-18(8-12-22-13-9-18)15-4-2-1-3-5-15/h1-7,10-11H,8-9,12-14H2,(H2,19,20,21,23). The molecule has 2 heterocycles. The molecule has 1 aromatic heterocycles. The average Bonchev–Trinajstić information content (AvgIpc) is 2.62. The van der Waals surface area contributed by atoms with Gasteiger partial charge in [-0.1, -0.05) is 30.3 Å². The Morgan fingerprint density at radius 2 is 1.78 bits per heavy atom. The number of benzene rings is 1. The van der Waals surface area contributed by atoms with Gasteiger partial charge in [0.25, 0.3) is 0 Å². The van der Waals surface area contributed by atoms with E-state index in [2.05, 4.69) is 45.9 Å². The molecule has 0 amide bonds. The first-order valence-corrected chi connectivity index (χ1v) is 8.28. The Kier molecular flexibility index (Phi) is 5.20. The Bertz CT molecular complexity index is 627. The molecule has 0 bridgehead atoms. The van der Waals surface area contributed by atoms with Gasteiger partial charge in [0.15, 0.2) is 5.11 Å². The summed E-state index contributed by atoms with van der Waals surface area (Å²) in [5.74, 6) is 0. The minimum absolute atomic E-state index is 0.0729. The fourth-order valence-electron chi connectivity index (χ4n) is 2.98. The van der Waals surface area contributed by atoms with Crippen LogP contribution in [-0.4, -0.2) is 29.9 Å². The second-order valence-corrected chi connectivity index (χ2v) is 6.21. The van der Waals surface area contributed by atoms with Gasteiger partial charge >= 0.3 is 0 Å². The number of anilines is 1. The lowest BCUT2D eigenvalue weighted by atomic mass is 9.74. The highest BCUT2D eigenvalue weighted by Crippen LogP contribution is 2.34. The summed E-state index contributed by atoms with van der Waals surface area (Å²) in [7, 11) is 0. The molecule has 1 saturated heterocycles. The van der Waals surface area contributed by atoms with E-state index in [9.17, 15) is 0 Å². The second kappa shape index (κ2) is 7.53. The normalized spacial score (nSPS) is 16.5. The molecule has 1 fully saturated rings. The van der Waals surface area contributed by atoms with Crippen LogP contribution >= 0.6 is 12.2 Å². The van der Waals surface area contributed by atoms with Gasteiger partial charge in [0.1, 0.15) is 0 Å². The lowest BCUT2D eigenvalue weighted by Gasteiger charge is -2.38. The van der Waals surface area contributed by atoms with Gasteiger partial charge in [-0.25, -0.2) is 0 Å². The van der Waals surface area contributed by atoms with E-state index in [1.165, 1.54) is 5.56 Å². The van der Waals surface area contributed by atoms with Crippen LogP contribution in [0, 0.1) is 0 Å². The highest BCUT2D eigenvalue weighted by Gasteiger charge is 2.34. The van der Waals surface area contributed by atoms with Crippen LogP contribution in [0.3, 0.4) is 0 Å². The second-order valence-electron chi connectivity index (χ2n) is 5.80. The van der Waals surface area contributed by atoms with Gasteiger partial charge in [-0.3, -0.25) is 4.98 Å². The molecule has 1 aromatic carbocycles. The van der Waals surface area contributed by atoms with E-state index in [1.54, 1.807) is 12.4 Å². The molecular formula is C18H21N3OS. The number of nitrogens with zero attached hydrogens (tertiary/aromatic N) is 1. The maximum atomic E-state index is 5.57. The van der Waals surface area contributed by atoms with Crippen molar-refractivity contribution < 1.29 is 4.74 Å². The minimum Gasteiger partial charge on any atom is -0.381 e. The minimum atomic E-state index is 0.0729. The van der Waals surface area contributed by atoms with E-state index in [-0.39, 0.29) is 5.41 Å². The summed E-state index contributed by atoms with van der Waals surface area (Å²) in [5, 5.41) is 7.22. The fourth-order valence-corrected chi connectivity index (χ4v) is 3.17. The fraction of sp³-hybridized carbons (Fsp3) is 0.333.